The number of nitrogens with one attached hydrogen (secondary N) is 3. The van der Waals surface area contributed by atoms with Crippen LogP contribution in [0.3, 0.4) is 0 Å². The molecule has 3 N–H and O–H groups in total. The van der Waals surface area contributed by atoms with Crippen LogP contribution in [0.2, 0.25) is 5.02 Å². The number of halogens is 3. The van der Waals surface area contributed by atoms with Crippen molar-refractivity contribution >= 4 is 29.7 Å². The third kappa shape index (κ3) is 4.34. The molecule has 1 aliphatic heterocycles. The summed E-state index contributed by atoms with van der Waals surface area (Å²) in [6, 6.07) is 2.97. The van der Waals surface area contributed by atoms with Crippen molar-refractivity contribution in [2.24, 2.45) is 11.8 Å². The van der Waals surface area contributed by atoms with Gasteiger partial charge >= 0.3 is 5.76 Å². The molecule has 25 heavy (non-hydrogen) atoms. The molecule has 1 aromatic heterocycles. The maximum atomic E-state index is 14.2. The van der Waals surface area contributed by atoms with E-state index >= 15 is 0 Å². The van der Waals surface area contributed by atoms with E-state index in [0.29, 0.717) is 23.1 Å². The third-order valence-corrected chi connectivity index (χ3v) is 4.97. The predicted octanol–water partition coefficient (Wildman–Crippen LogP) is 3.29. The summed E-state index contributed by atoms with van der Waals surface area (Å²) in [6.45, 7) is 6.22. The van der Waals surface area contributed by atoms with E-state index in [1.807, 2.05) is 0 Å². The molecule has 9 heteroatoms. The van der Waals surface area contributed by atoms with E-state index in [1.165, 1.54) is 6.07 Å². The van der Waals surface area contributed by atoms with E-state index in [9.17, 15) is 9.18 Å². The lowest BCUT2D eigenvalue weighted by Crippen LogP contribution is -2.42. The minimum atomic E-state index is -0.688. The van der Waals surface area contributed by atoms with Gasteiger partial charge in [-0.3, -0.25) is 0 Å². The maximum absolute atomic E-state index is 14.2. The molecule has 0 amide bonds. The number of hydrogen-bond acceptors (Lipinski definition) is 5. The zero-order valence-electron chi connectivity index (χ0n) is 13.9. The first-order chi connectivity index (χ1) is 11.5. The summed E-state index contributed by atoms with van der Waals surface area (Å²) in [6.07, 6.45) is 1.05. The van der Waals surface area contributed by atoms with Gasteiger partial charge in [-0.05, 0) is 50.4 Å². The topological polar surface area (TPSA) is 83.0 Å². The molecule has 1 aromatic carbocycles. The number of aromatic amines is 1. The van der Waals surface area contributed by atoms with Gasteiger partial charge in [-0.25, -0.2) is 14.3 Å². The van der Waals surface area contributed by atoms with Crippen LogP contribution >= 0.6 is 24.0 Å². The second-order valence-corrected chi connectivity index (χ2v) is 6.68. The Labute approximate surface area is 155 Å². The van der Waals surface area contributed by atoms with Crippen LogP contribution in [0.4, 0.5) is 10.1 Å². The molecule has 0 spiro atoms. The Balaban J connectivity index is 0.00000225. The van der Waals surface area contributed by atoms with Gasteiger partial charge in [0.15, 0.2) is 0 Å². The van der Waals surface area contributed by atoms with Crippen LogP contribution in [0, 0.1) is 17.7 Å². The predicted molar refractivity (Wildman–Crippen MR) is 98.0 cm³/mol. The van der Waals surface area contributed by atoms with Crippen molar-refractivity contribution in [3.8, 4) is 11.5 Å². The molecule has 0 saturated carbocycles. The molecule has 138 valence electrons. The molecule has 3 rings (SSSR count). The molecule has 0 bridgehead atoms. The average Bonchev–Trinajstić information content (AvgIpc) is 2.98. The molecule has 2 aromatic rings. The Morgan fingerprint density at radius 1 is 1.48 bits per heavy atom. The Kier molecular flexibility index (Phi) is 6.48. The Hall–Kier alpha value is -1.57. The number of aromatic nitrogens is 2. The van der Waals surface area contributed by atoms with Crippen LogP contribution in [0.15, 0.2) is 21.3 Å². The normalized spacial score (nSPS) is 21.4. The number of piperidine rings is 1. The van der Waals surface area contributed by atoms with Gasteiger partial charge in [0.1, 0.15) is 5.82 Å². The minimum absolute atomic E-state index is 0. The molecule has 1 saturated heterocycles. The average molecular weight is 391 g/mol. The van der Waals surface area contributed by atoms with Gasteiger partial charge in [0.05, 0.1) is 10.7 Å². The molecule has 2 heterocycles. The van der Waals surface area contributed by atoms with Crippen LogP contribution in [-0.2, 0) is 0 Å². The Bertz CT molecular complexity index is 780. The third-order valence-electron chi connectivity index (χ3n) is 4.59. The van der Waals surface area contributed by atoms with Gasteiger partial charge in [0.25, 0.3) is 0 Å². The van der Waals surface area contributed by atoms with Crippen molar-refractivity contribution < 1.29 is 8.81 Å². The van der Waals surface area contributed by atoms with Crippen LogP contribution in [-0.4, -0.2) is 29.3 Å². The maximum Gasteiger partial charge on any atom is 0.434 e. The van der Waals surface area contributed by atoms with Crippen LogP contribution in [0.1, 0.15) is 20.3 Å². The van der Waals surface area contributed by atoms with E-state index in [4.69, 9.17) is 16.0 Å². The van der Waals surface area contributed by atoms with Gasteiger partial charge in [-0.2, -0.15) is 0 Å². The molecular formula is C16H21Cl2FN4O2. The first-order valence-corrected chi connectivity index (χ1v) is 8.35. The first kappa shape index (κ1) is 19.8. The molecule has 0 radical (unpaired) electrons. The monoisotopic (exact) mass is 390 g/mol. The Morgan fingerprint density at radius 3 is 2.88 bits per heavy atom. The van der Waals surface area contributed by atoms with E-state index < -0.39 is 11.6 Å². The second kappa shape index (κ2) is 8.21. The molecule has 6 nitrogen and oxygen atoms in total. The first-order valence-electron chi connectivity index (χ1n) is 7.98. The highest BCUT2D eigenvalue weighted by molar-refractivity contribution is 6.33. The van der Waals surface area contributed by atoms with E-state index in [2.05, 4.69) is 34.7 Å². The SMILES string of the molecule is CC(Nc1cc(-c2n[nH]c(=O)o2)cc(F)c1Cl)[C@H]1CCNC[C@H]1C.Cl. The van der Waals surface area contributed by atoms with Gasteiger partial charge < -0.3 is 15.1 Å². The fraction of sp³-hybridized carbons (Fsp3) is 0.500. The molecule has 3 atom stereocenters. The summed E-state index contributed by atoms with van der Waals surface area (Å²) in [5, 5.41) is 12.6. The van der Waals surface area contributed by atoms with E-state index in [0.717, 1.165) is 19.5 Å². The summed E-state index contributed by atoms with van der Waals surface area (Å²) < 4.78 is 19.1. The number of rotatable bonds is 4. The summed E-state index contributed by atoms with van der Waals surface area (Å²) in [5.74, 6) is -0.282. The van der Waals surface area contributed by atoms with Crippen molar-refractivity contribution in [2.45, 2.75) is 26.3 Å². The molecule has 1 fully saturated rings. The smallest absolute Gasteiger partial charge is 0.388 e. The zero-order valence-corrected chi connectivity index (χ0v) is 15.5. The lowest BCUT2D eigenvalue weighted by molar-refractivity contribution is 0.250. The standard InChI is InChI=1S/C16H20ClFN4O2.ClH/c1-8-7-19-4-3-11(8)9(2)20-13-6-10(5-12(18)14(13)17)15-21-22-16(23)24-15;/h5-6,8-9,11,19-20H,3-4,7H2,1-2H3,(H,22,23);1H/t8-,9?,11+;/m1./s1. The van der Waals surface area contributed by atoms with Gasteiger partial charge in [0, 0.05) is 11.6 Å². The lowest BCUT2D eigenvalue weighted by Gasteiger charge is -2.35. The van der Waals surface area contributed by atoms with Crippen molar-refractivity contribution in [3.63, 3.8) is 0 Å². The van der Waals surface area contributed by atoms with Gasteiger partial charge in [-0.1, -0.05) is 18.5 Å². The lowest BCUT2D eigenvalue weighted by atomic mass is 9.82. The van der Waals surface area contributed by atoms with Crippen molar-refractivity contribution in [3.05, 3.63) is 33.5 Å². The van der Waals surface area contributed by atoms with Gasteiger partial charge in [0.2, 0.25) is 5.89 Å². The molecule has 1 unspecified atom stereocenters. The number of nitrogens with zero attached hydrogens (tertiary/aromatic N) is 1. The number of benzene rings is 1. The van der Waals surface area contributed by atoms with E-state index in [-0.39, 0.29) is 29.4 Å². The summed E-state index contributed by atoms with van der Waals surface area (Å²) in [4.78, 5) is 11.1. The number of hydrogen-bond donors (Lipinski definition) is 3. The highest BCUT2D eigenvalue weighted by Gasteiger charge is 2.27. The summed E-state index contributed by atoms with van der Waals surface area (Å²) in [5.41, 5.74) is 0.818. The van der Waals surface area contributed by atoms with Crippen LogP contribution < -0.4 is 16.4 Å². The molecule has 0 aliphatic carbocycles. The highest BCUT2D eigenvalue weighted by Crippen LogP contribution is 2.33. The van der Waals surface area contributed by atoms with Crippen molar-refractivity contribution in [1.29, 1.82) is 0 Å². The van der Waals surface area contributed by atoms with E-state index in [1.54, 1.807) is 6.07 Å². The zero-order chi connectivity index (χ0) is 17.3. The van der Waals surface area contributed by atoms with Crippen molar-refractivity contribution in [1.82, 2.24) is 15.5 Å². The summed E-state index contributed by atoms with van der Waals surface area (Å²) >= 11 is 6.11. The number of H-pyrrole nitrogens is 1. The number of anilines is 1. The quantitative estimate of drug-likeness (QED) is 0.745. The fourth-order valence-electron chi connectivity index (χ4n) is 3.30. The highest BCUT2D eigenvalue weighted by atomic mass is 35.5. The molecule has 1 aliphatic rings. The largest absolute Gasteiger partial charge is 0.434 e. The van der Waals surface area contributed by atoms with Gasteiger partial charge in [-0.15, -0.1) is 17.5 Å². The summed E-state index contributed by atoms with van der Waals surface area (Å²) in [7, 11) is 0. The van der Waals surface area contributed by atoms with Crippen LogP contribution in [0.25, 0.3) is 11.5 Å². The fourth-order valence-corrected chi connectivity index (χ4v) is 3.46. The second-order valence-electron chi connectivity index (χ2n) is 6.30. The molecular weight excluding hydrogens is 370 g/mol. The van der Waals surface area contributed by atoms with Crippen molar-refractivity contribution in [2.75, 3.05) is 18.4 Å². The Morgan fingerprint density at radius 2 is 2.24 bits per heavy atom. The minimum Gasteiger partial charge on any atom is -0.388 e. The van der Waals surface area contributed by atoms with Crippen LogP contribution in [0.5, 0.6) is 0 Å².